The number of hydrogen-bond acceptors (Lipinski definition) is 4. The molecule has 1 aromatic heterocycles. The molecule has 0 bridgehead atoms. The van der Waals surface area contributed by atoms with Gasteiger partial charge in [0.15, 0.2) is 0 Å². The summed E-state index contributed by atoms with van der Waals surface area (Å²) in [5.41, 5.74) is 2.00. The van der Waals surface area contributed by atoms with Crippen molar-refractivity contribution in [1.82, 2.24) is 5.32 Å². The third-order valence-corrected chi connectivity index (χ3v) is 3.96. The lowest BCUT2D eigenvalue weighted by atomic mass is 9.93. The SMILES string of the molecule is O=[N+]([O-])c1ccccc1/C=C/CNC1CCCc2occc21. The number of nitro groups is 1. The lowest BCUT2D eigenvalue weighted by Crippen LogP contribution is -2.24. The highest BCUT2D eigenvalue weighted by Crippen LogP contribution is 2.30. The minimum absolute atomic E-state index is 0.133. The van der Waals surface area contributed by atoms with Gasteiger partial charge in [-0.25, -0.2) is 0 Å². The first-order chi connectivity index (χ1) is 10.8. The van der Waals surface area contributed by atoms with E-state index in [1.165, 1.54) is 11.6 Å². The Bertz CT molecular complexity index is 691. The molecule has 0 saturated heterocycles. The molecule has 0 aliphatic heterocycles. The molecule has 3 rings (SSSR count). The van der Waals surface area contributed by atoms with Crippen LogP contribution in [0.2, 0.25) is 0 Å². The fourth-order valence-corrected chi connectivity index (χ4v) is 2.89. The van der Waals surface area contributed by atoms with E-state index in [4.69, 9.17) is 4.42 Å². The summed E-state index contributed by atoms with van der Waals surface area (Å²) in [5, 5.41) is 14.4. The van der Waals surface area contributed by atoms with Gasteiger partial charge in [-0.1, -0.05) is 24.3 Å². The molecule has 0 amide bonds. The van der Waals surface area contributed by atoms with Crippen LogP contribution in [0.25, 0.3) is 6.08 Å². The van der Waals surface area contributed by atoms with Crippen LogP contribution in [0, 0.1) is 10.1 Å². The lowest BCUT2D eigenvalue weighted by molar-refractivity contribution is -0.385. The summed E-state index contributed by atoms with van der Waals surface area (Å²) in [6, 6.07) is 9.08. The number of nitro benzene ring substituents is 1. The first-order valence-corrected chi connectivity index (χ1v) is 7.45. The molecule has 2 aromatic rings. The van der Waals surface area contributed by atoms with Crippen molar-refractivity contribution in [3.05, 3.63) is 69.7 Å². The van der Waals surface area contributed by atoms with Crippen molar-refractivity contribution in [2.45, 2.75) is 25.3 Å². The molecular weight excluding hydrogens is 280 g/mol. The molecule has 5 nitrogen and oxygen atoms in total. The lowest BCUT2D eigenvalue weighted by Gasteiger charge is -2.22. The minimum atomic E-state index is -0.355. The first kappa shape index (κ1) is 14.5. The van der Waals surface area contributed by atoms with Crippen molar-refractivity contribution < 1.29 is 9.34 Å². The summed E-state index contributed by atoms with van der Waals surface area (Å²) in [5.74, 6) is 1.08. The molecule has 1 aliphatic rings. The quantitative estimate of drug-likeness (QED) is 0.672. The smallest absolute Gasteiger partial charge is 0.276 e. The van der Waals surface area contributed by atoms with Crippen molar-refractivity contribution in [3.8, 4) is 0 Å². The second-order valence-corrected chi connectivity index (χ2v) is 5.37. The zero-order chi connectivity index (χ0) is 15.4. The number of furan rings is 1. The predicted octanol–water partition coefficient (Wildman–Crippen LogP) is 3.87. The predicted molar refractivity (Wildman–Crippen MR) is 84.5 cm³/mol. The van der Waals surface area contributed by atoms with E-state index in [2.05, 4.69) is 5.32 Å². The Hall–Kier alpha value is -2.40. The van der Waals surface area contributed by atoms with Crippen LogP contribution in [0.5, 0.6) is 0 Å². The standard InChI is InChI=1S/C17H18N2O3/c20-19(21)16-8-2-1-5-13(16)6-4-11-18-15-7-3-9-17-14(15)10-12-22-17/h1-2,4-6,8,10,12,15,18H,3,7,9,11H2/b6-4+. The molecule has 1 aromatic carbocycles. The van der Waals surface area contributed by atoms with E-state index < -0.39 is 0 Å². The van der Waals surface area contributed by atoms with Gasteiger partial charge in [0.1, 0.15) is 5.76 Å². The third-order valence-electron chi connectivity index (χ3n) is 3.96. The molecule has 0 saturated carbocycles. The molecule has 1 N–H and O–H groups in total. The maximum atomic E-state index is 11.0. The number of benzene rings is 1. The molecule has 0 spiro atoms. The first-order valence-electron chi connectivity index (χ1n) is 7.45. The highest BCUT2D eigenvalue weighted by Gasteiger charge is 2.21. The second kappa shape index (κ2) is 6.58. The fourth-order valence-electron chi connectivity index (χ4n) is 2.89. The third kappa shape index (κ3) is 3.09. The fraction of sp³-hybridized carbons (Fsp3) is 0.294. The molecule has 5 heteroatoms. The number of nitrogens with zero attached hydrogens (tertiary/aromatic N) is 1. The van der Waals surface area contributed by atoms with Crippen LogP contribution in [0.15, 0.2) is 47.1 Å². The Balaban J connectivity index is 1.62. The van der Waals surface area contributed by atoms with Crippen LogP contribution < -0.4 is 5.32 Å². The molecule has 22 heavy (non-hydrogen) atoms. The van der Waals surface area contributed by atoms with Crippen molar-refractivity contribution in [2.24, 2.45) is 0 Å². The average Bonchev–Trinajstić information content (AvgIpc) is 3.01. The Kier molecular flexibility index (Phi) is 4.34. The van der Waals surface area contributed by atoms with Gasteiger partial charge in [-0.2, -0.15) is 0 Å². The molecule has 1 aliphatic carbocycles. The molecule has 0 radical (unpaired) electrons. The Morgan fingerprint density at radius 3 is 3.09 bits per heavy atom. The van der Waals surface area contributed by atoms with Gasteiger partial charge in [0.25, 0.3) is 5.69 Å². The number of rotatable bonds is 5. The summed E-state index contributed by atoms with van der Waals surface area (Å²) in [4.78, 5) is 10.6. The minimum Gasteiger partial charge on any atom is -0.469 e. The maximum absolute atomic E-state index is 11.0. The summed E-state index contributed by atoms with van der Waals surface area (Å²) >= 11 is 0. The van der Waals surface area contributed by atoms with Gasteiger partial charge >= 0.3 is 0 Å². The van der Waals surface area contributed by atoms with Crippen molar-refractivity contribution >= 4 is 11.8 Å². The van der Waals surface area contributed by atoms with Crippen molar-refractivity contribution in [3.63, 3.8) is 0 Å². The van der Waals surface area contributed by atoms with E-state index in [0.717, 1.165) is 25.0 Å². The van der Waals surface area contributed by atoms with Crippen molar-refractivity contribution in [2.75, 3.05) is 6.54 Å². The molecule has 1 unspecified atom stereocenters. The van der Waals surface area contributed by atoms with Gasteiger partial charge in [-0.05, 0) is 25.0 Å². The summed E-state index contributed by atoms with van der Waals surface area (Å²) in [7, 11) is 0. The largest absolute Gasteiger partial charge is 0.469 e. The van der Waals surface area contributed by atoms with E-state index in [0.29, 0.717) is 18.2 Å². The molecule has 1 heterocycles. The van der Waals surface area contributed by atoms with Crippen LogP contribution in [-0.2, 0) is 6.42 Å². The Morgan fingerprint density at radius 1 is 1.36 bits per heavy atom. The molecule has 114 valence electrons. The number of fused-ring (bicyclic) bond motifs is 1. The molecule has 0 fully saturated rings. The van der Waals surface area contributed by atoms with E-state index in [1.807, 2.05) is 12.1 Å². The number of aryl methyl sites for hydroxylation is 1. The van der Waals surface area contributed by atoms with E-state index >= 15 is 0 Å². The molecular formula is C17H18N2O3. The Labute approximate surface area is 128 Å². The van der Waals surface area contributed by atoms with Crippen molar-refractivity contribution in [1.29, 1.82) is 0 Å². The normalized spacial score (nSPS) is 17.5. The van der Waals surface area contributed by atoms with Crippen LogP contribution in [0.3, 0.4) is 0 Å². The van der Waals surface area contributed by atoms with Gasteiger partial charge in [0.05, 0.1) is 16.7 Å². The zero-order valence-electron chi connectivity index (χ0n) is 12.2. The maximum Gasteiger partial charge on any atom is 0.276 e. The van der Waals surface area contributed by atoms with E-state index in [-0.39, 0.29) is 10.6 Å². The molecule has 1 atom stereocenters. The van der Waals surface area contributed by atoms with Gasteiger partial charge in [-0.15, -0.1) is 0 Å². The van der Waals surface area contributed by atoms with Gasteiger partial charge in [0.2, 0.25) is 0 Å². The topological polar surface area (TPSA) is 68.3 Å². The monoisotopic (exact) mass is 298 g/mol. The average molecular weight is 298 g/mol. The van der Waals surface area contributed by atoms with E-state index in [1.54, 1.807) is 30.5 Å². The highest BCUT2D eigenvalue weighted by atomic mass is 16.6. The highest BCUT2D eigenvalue weighted by molar-refractivity contribution is 5.60. The van der Waals surface area contributed by atoms with Gasteiger partial charge < -0.3 is 9.73 Å². The van der Waals surface area contributed by atoms with Gasteiger partial charge in [-0.3, -0.25) is 10.1 Å². The van der Waals surface area contributed by atoms with Crippen LogP contribution in [0.1, 0.15) is 35.8 Å². The van der Waals surface area contributed by atoms with E-state index in [9.17, 15) is 10.1 Å². The summed E-state index contributed by atoms with van der Waals surface area (Å²) < 4.78 is 5.47. The second-order valence-electron chi connectivity index (χ2n) is 5.37. The number of hydrogen-bond donors (Lipinski definition) is 1. The van der Waals surface area contributed by atoms with Crippen LogP contribution in [-0.4, -0.2) is 11.5 Å². The summed E-state index contributed by atoms with van der Waals surface area (Å²) in [6.45, 7) is 0.668. The van der Waals surface area contributed by atoms with Crippen LogP contribution >= 0.6 is 0 Å². The zero-order valence-corrected chi connectivity index (χ0v) is 12.2. The Morgan fingerprint density at radius 2 is 2.23 bits per heavy atom. The van der Waals surface area contributed by atoms with Crippen LogP contribution in [0.4, 0.5) is 5.69 Å². The number of para-hydroxylation sites is 1. The summed E-state index contributed by atoms with van der Waals surface area (Å²) in [6.07, 6.45) is 8.68. The number of nitrogens with one attached hydrogen (secondary N) is 1. The van der Waals surface area contributed by atoms with Gasteiger partial charge in [0, 0.05) is 30.6 Å².